The predicted octanol–water partition coefficient (Wildman–Crippen LogP) is 1.09. The molecule has 2 aliphatic heterocycles. The first-order chi connectivity index (χ1) is 13.4. The van der Waals surface area contributed by atoms with Crippen LogP contribution in [0.3, 0.4) is 0 Å². The van der Waals surface area contributed by atoms with Gasteiger partial charge in [0, 0.05) is 71.4 Å². The Morgan fingerprint density at radius 1 is 1.11 bits per heavy atom. The number of nitrogens with zero attached hydrogens (tertiary/aromatic N) is 3. The van der Waals surface area contributed by atoms with Crippen LogP contribution in [0.1, 0.15) is 25.3 Å². The highest BCUT2D eigenvalue weighted by Crippen LogP contribution is 2.14. The first-order valence-electron chi connectivity index (χ1n) is 9.79. The van der Waals surface area contributed by atoms with E-state index in [0.717, 1.165) is 38.4 Å². The zero-order valence-corrected chi connectivity index (χ0v) is 16.6. The minimum Gasteiger partial charge on any atom is -0.344 e. The average molecular weight is 387 g/mol. The first kappa shape index (κ1) is 20.1. The summed E-state index contributed by atoms with van der Waals surface area (Å²) >= 11 is 0. The molecule has 28 heavy (non-hydrogen) atoms. The highest BCUT2D eigenvalue weighted by molar-refractivity contribution is 5.89. The lowest BCUT2D eigenvalue weighted by Crippen LogP contribution is -2.49. The maximum absolute atomic E-state index is 12.2. The molecule has 2 N–H and O–H groups in total. The number of hydrogen-bond donors (Lipinski definition) is 2. The molecule has 2 fully saturated rings. The van der Waals surface area contributed by atoms with Crippen molar-refractivity contribution in [1.82, 2.24) is 20.0 Å². The summed E-state index contributed by atoms with van der Waals surface area (Å²) in [5, 5.41) is 5.78. The summed E-state index contributed by atoms with van der Waals surface area (Å²) in [6, 6.07) is 7.56. The molecule has 2 aliphatic rings. The fraction of sp³-hybridized carbons (Fsp3) is 0.550. The molecule has 0 bridgehead atoms. The van der Waals surface area contributed by atoms with Crippen LogP contribution >= 0.6 is 0 Å². The second-order valence-electron chi connectivity index (χ2n) is 7.59. The van der Waals surface area contributed by atoms with Crippen molar-refractivity contribution in [3.63, 3.8) is 0 Å². The minimum atomic E-state index is -0.249. The molecule has 0 radical (unpaired) electrons. The molecular formula is C20H29N5O3. The number of carbonyl (C=O) groups excluding carboxylic acids is 3. The maximum Gasteiger partial charge on any atom is 0.319 e. The van der Waals surface area contributed by atoms with Gasteiger partial charge in [0.1, 0.15) is 0 Å². The molecule has 0 spiro atoms. The van der Waals surface area contributed by atoms with Gasteiger partial charge in [-0.2, -0.15) is 0 Å². The number of rotatable bonds is 4. The van der Waals surface area contributed by atoms with Gasteiger partial charge in [0.05, 0.1) is 0 Å². The minimum absolute atomic E-state index is 0.0179. The molecule has 8 heteroatoms. The summed E-state index contributed by atoms with van der Waals surface area (Å²) in [5.41, 5.74) is 1.91. The van der Waals surface area contributed by atoms with Crippen molar-refractivity contribution < 1.29 is 14.4 Å². The van der Waals surface area contributed by atoms with Crippen LogP contribution in [0.5, 0.6) is 0 Å². The Balaban J connectivity index is 1.43. The van der Waals surface area contributed by atoms with E-state index in [4.69, 9.17) is 0 Å². The van der Waals surface area contributed by atoms with Crippen molar-refractivity contribution in [3.05, 3.63) is 29.8 Å². The average Bonchev–Trinajstić information content (AvgIpc) is 2.67. The second kappa shape index (κ2) is 9.05. The summed E-state index contributed by atoms with van der Waals surface area (Å²) in [5.74, 6) is 0.261. The lowest BCUT2D eigenvalue weighted by Gasteiger charge is -2.34. The normalized spacial score (nSPS) is 20.8. The molecule has 0 aromatic heterocycles. The summed E-state index contributed by atoms with van der Waals surface area (Å²) in [7, 11) is 1.76. The lowest BCUT2D eigenvalue weighted by atomic mass is 10.1. The molecule has 2 saturated heterocycles. The van der Waals surface area contributed by atoms with Crippen LogP contribution < -0.4 is 10.6 Å². The Morgan fingerprint density at radius 2 is 1.79 bits per heavy atom. The van der Waals surface area contributed by atoms with Gasteiger partial charge in [0.25, 0.3) is 0 Å². The highest BCUT2D eigenvalue weighted by Gasteiger charge is 2.24. The third-order valence-corrected chi connectivity index (χ3v) is 5.40. The molecule has 2 heterocycles. The molecule has 8 nitrogen and oxygen atoms in total. The van der Waals surface area contributed by atoms with Gasteiger partial charge in [-0.1, -0.05) is 12.1 Å². The second-order valence-corrected chi connectivity index (χ2v) is 7.59. The quantitative estimate of drug-likeness (QED) is 0.810. The molecular weight excluding hydrogens is 358 g/mol. The van der Waals surface area contributed by atoms with Gasteiger partial charge in [0.15, 0.2) is 0 Å². The van der Waals surface area contributed by atoms with E-state index < -0.39 is 0 Å². The Bertz CT molecular complexity index is 713. The Labute approximate surface area is 165 Å². The van der Waals surface area contributed by atoms with Crippen LogP contribution in [0.15, 0.2) is 24.3 Å². The Kier molecular flexibility index (Phi) is 6.51. The van der Waals surface area contributed by atoms with Crippen LogP contribution in [0.2, 0.25) is 0 Å². The smallest absolute Gasteiger partial charge is 0.319 e. The summed E-state index contributed by atoms with van der Waals surface area (Å²) in [4.78, 5) is 41.0. The number of piperidine rings is 1. The van der Waals surface area contributed by atoms with Crippen molar-refractivity contribution in [2.24, 2.45) is 0 Å². The molecule has 0 unspecified atom stereocenters. The Morgan fingerprint density at radius 3 is 2.39 bits per heavy atom. The molecule has 4 amide bonds. The van der Waals surface area contributed by atoms with Crippen LogP contribution in [0.4, 0.5) is 10.5 Å². The van der Waals surface area contributed by atoms with E-state index in [-0.39, 0.29) is 23.9 Å². The van der Waals surface area contributed by atoms with Gasteiger partial charge in [-0.15, -0.1) is 0 Å². The molecule has 3 rings (SSSR count). The molecule has 152 valence electrons. The molecule has 0 saturated carbocycles. The number of urea groups is 1. The van der Waals surface area contributed by atoms with Gasteiger partial charge in [-0.25, -0.2) is 4.79 Å². The van der Waals surface area contributed by atoms with Gasteiger partial charge < -0.3 is 20.4 Å². The largest absolute Gasteiger partial charge is 0.344 e. The molecule has 1 atom stereocenters. The number of piperazine rings is 1. The number of amides is 4. The fourth-order valence-electron chi connectivity index (χ4n) is 3.66. The first-order valence-corrected chi connectivity index (χ1v) is 9.79. The van der Waals surface area contributed by atoms with E-state index in [9.17, 15) is 14.4 Å². The van der Waals surface area contributed by atoms with E-state index in [1.54, 1.807) is 18.9 Å². The fourth-order valence-corrected chi connectivity index (χ4v) is 3.66. The van der Waals surface area contributed by atoms with Crippen molar-refractivity contribution in [1.29, 1.82) is 0 Å². The molecule has 0 aliphatic carbocycles. The third-order valence-electron chi connectivity index (χ3n) is 5.40. The van der Waals surface area contributed by atoms with E-state index in [1.165, 1.54) is 5.56 Å². The van der Waals surface area contributed by atoms with Crippen molar-refractivity contribution in [3.8, 4) is 0 Å². The van der Waals surface area contributed by atoms with Gasteiger partial charge >= 0.3 is 6.03 Å². The van der Waals surface area contributed by atoms with E-state index in [0.29, 0.717) is 19.4 Å². The monoisotopic (exact) mass is 387 g/mol. The van der Waals surface area contributed by atoms with Crippen LogP contribution in [0, 0.1) is 0 Å². The Hall–Kier alpha value is -2.61. The SMILES string of the molecule is CC(=O)N1CCN(Cc2ccc(NC(=O)N[C@H]3CCC(=O)N(C)C3)cc2)CC1. The van der Waals surface area contributed by atoms with Gasteiger partial charge in [-0.3, -0.25) is 14.5 Å². The topological polar surface area (TPSA) is 85.0 Å². The van der Waals surface area contributed by atoms with E-state index >= 15 is 0 Å². The number of anilines is 1. The molecule has 1 aromatic rings. The van der Waals surface area contributed by atoms with Crippen molar-refractivity contribution >= 4 is 23.5 Å². The van der Waals surface area contributed by atoms with Crippen molar-refractivity contribution in [2.45, 2.75) is 32.4 Å². The predicted molar refractivity (Wildman–Crippen MR) is 107 cm³/mol. The van der Waals surface area contributed by atoms with Gasteiger partial charge in [0.2, 0.25) is 11.8 Å². The standard InChI is InChI=1S/C20H29N5O3/c1-15(26)25-11-9-24(10-12-25)13-16-3-5-17(6-4-16)21-20(28)22-18-7-8-19(27)23(2)14-18/h3-6,18H,7-14H2,1-2H3,(H2,21,22,28)/t18-/m0/s1. The highest BCUT2D eigenvalue weighted by atomic mass is 16.2. The number of likely N-dealkylation sites (N-methyl/N-ethyl adjacent to an activating group) is 1. The van der Waals surface area contributed by atoms with Crippen LogP contribution in [-0.2, 0) is 16.1 Å². The van der Waals surface area contributed by atoms with E-state index in [1.807, 2.05) is 29.2 Å². The number of benzene rings is 1. The zero-order valence-electron chi connectivity index (χ0n) is 16.6. The van der Waals surface area contributed by atoms with Crippen LogP contribution in [-0.4, -0.2) is 78.4 Å². The summed E-state index contributed by atoms with van der Waals surface area (Å²) in [6.45, 7) is 6.29. The summed E-state index contributed by atoms with van der Waals surface area (Å²) in [6.07, 6.45) is 1.14. The molecule has 1 aromatic carbocycles. The van der Waals surface area contributed by atoms with Gasteiger partial charge in [-0.05, 0) is 24.1 Å². The number of carbonyl (C=O) groups is 3. The van der Waals surface area contributed by atoms with Crippen LogP contribution in [0.25, 0.3) is 0 Å². The lowest BCUT2D eigenvalue weighted by molar-refractivity contribution is -0.132. The third kappa shape index (κ3) is 5.45. The number of likely N-dealkylation sites (tertiary alicyclic amines) is 1. The van der Waals surface area contributed by atoms with E-state index in [2.05, 4.69) is 15.5 Å². The maximum atomic E-state index is 12.2. The number of nitrogens with one attached hydrogen (secondary N) is 2. The number of hydrogen-bond acceptors (Lipinski definition) is 4. The zero-order chi connectivity index (χ0) is 20.1. The summed E-state index contributed by atoms with van der Waals surface area (Å²) < 4.78 is 0. The van der Waals surface area contributed by atoms with Crippen molar-refractivity contribution in [2.75, 3.05) is 45.1 Å².